The van der Waals surface area contributed by atoms with E-state index in [1.165, 1.54) is 41.5 Å². The molecule has 4 aromatic rings. The van der Waals surface area contributed by atoms with Gasteiger partial charge in [-0.3, -0.25) is 9.88 Å². The monoisotopic (exact) mass is 457 g/mol. The van der Waals surface area contributed by atoms with Crippen LogP contribution in [0.2, 0.25) is 0 Å². The zero-order valence-electron chi connectivity index (χ0n) is 19.2. The van der Waals surface area contributed by atoms with Crippen LogP contribution < -0.4 is 9.64 Å². The molecule has 2 aromatic carbocycles. The smallest absolute Gasteiger partial charge is 0.121 e. The number of nitrogens with zero attached hydrogens (tertiary/aromatic N) is 3. The van der Waals surface area contributed by atoms with Crippen molar-refractivity contribution in [1.29, 1.82) is 0 Å². The number of ether oxygens (including phenoxy) is 1. The number of rotatable bonds is 4. The molecular weight excluding hydrogens is 426 g/mol. The van der Waals surface area contributed by atoms with E-state index in [-0.39, 0.29) is 0 Å². The molecule has 0 spiro atoms. The highest BCUT2D eigenvalue weighted by Gasteiger charge is 2.30. The van der Waals surface area contributed by atoms with Crippen molar-refractivity contribution in [3.63, 3.8) is 0 Å². The molecule has 6 rings (SSSR count). The van der Waals surface area contributed by atoms with Crippen LogP contribution in [-0.4, -0.2) is 49.2 Å². The average molecular weight is 458 g/mol. The van der Waals surface area contributed by atoms with Crippen molar-refractivity contribution < 1.29 is 4.74 Å². The first-order chi connectivity index (χ1) is 16.3. The molecule has 1 saturated heterocycles. The first-order valence-electron chi connectivity index (χ1n) is 12.2. The lowest BCUT2D eigenvalue weighted by atomic mass is 9.84. The summed E-state index contributed by atoms with van der Waals surface area (Å²) in [6.07, 6.45) is 7.18. The fourth-order valence-corrected chi connectivity index (χ4v) is 7.00. The van der Waals surface area contributed by atoms with Crippen molar-refractivity contribution in [3.05, 3.63) is 65.7 Å². The van der Waals surface area contributed by atoms with Gasteiger partial charge in [-0.15, -0.1) is 11.3 Å². The molecule has 2 aromatic heterocycles. The van der Waals surface area contributed by atoms with Gasteiger partial charge in [0.1, 0.15) is 5.75 Å². The summed E-state index contributed by atoms with van der Waals surface area (Å²) in [7, 11) is 1.74. The van der Waals surface area contributed by atoms with Gasteiger partial charge >= 0.3 is 0 Å². The van der Waals surface area contributed by atoms with E-state index in [1.54, 1.807) is 12.0 Å². The van der Waals surface area contributed by atoms with Gasteiger partial charge in [0.25, 0.3) is 0 Å². The summed E-state index contributed by atoms with van der Waals surface area (Å²) in [5, 5.41) is 2.56. The molecule has 1 aliphatic carbocycles. The molecule has 2 fully saturated rings. The highest BCUT2D eigenvalue weighted by atomic mass is 32.1. The molecule has 1 aliphatic heterocycles. The van der Waals surface area contributed by atoms with E-state index < -0.39 is 0 Å². The number of aromatic nitrogens is 1. The Morgan fingerprint density at radius 2 is 1.67 bits per heavy atom. The Kier molecular flexibility index (Phi) is 5.68. The Balaban J connectivity index is 1.10. The summed E-state index contributed by atoms with van der Waals surface area (Å²) in [6.45, 7) is 4.36. The molecule has 5 heteroatoms. The minimum absolute atomic E-state index is 0.734. The van der Waals surface area contributed by atoms with E-state index >= 15 is 0 Å². The Labute approximate surface area is 199 Å². The molecule has 0 N–H and O–H groups in total. The van der Waals surface area contributed by atoms with Crippen LogP contribution in [0.5, 0.6) is 5.75 Å². The quantitative estimate of drug-likeness (QED) is 0.359. The molecule has 33 heavy (non-hydrogen) atoms. The van der Waals surface area contributed by atoms with Crippen molar-refractivity contribution in [1.82, 2.24) is 9.88 Å². The van der Waals surface area contributed by atoms with Crippen LogP contribution in [0.1, 0.15) is 36.5 Å². The number of hydrogen-bond donors (Lipinski definition) is 0. The number of thiophene rings is 1. The normalized spacial score (nSPS) is 22.2. The van der Waals surface area contributed by atoms with Gasteiger partial charge in [0.15, 0.2) is 0 Å². The van der Waals surface area contributed by atoms with Crippen LogP contribution in [0.25, 0.3) is 21.0 Å². The summed E-state index contributed by atoms with van der Waals surface area (Å²) in [4.78, 5) is 11.5. The molecule has 0 unspecified atom stereocenters. The second kappa shape index (κ2) is 8.96. The number of methoxy groups -OCH3 is 1. The Morgan fingerprint density at radius 1 is 0.879 bits per heavy atom. The van der Waals surface area contributed by atoms with Gasteiger partial charge < -0.3 is 9.64 Å². The summed E-state index contributed by atoms with van der Waals surface area (Å²) in [5.74, 6) is 1.65. The van der Waals surface area contributed by atoms with Gasteiger partial charge in [0.05, 0.1) is 18.3 Å². The highest BCUT2D eigenvalue weighted by Crippen LogP contribution is 2.40. The first kappa shape index (κ1) is 20.9. The fraction of sp³-hybridized carbons (Fsp3) is 0.393. The van der Waals surface area contributed by atoms with E-state index in [0.29, 0.717) is 0 Å². The third-order valence-electron chi connectivity index (χ3n) is 7.61. The Morgan fingerprint density at radius 3 is 2.45 bits per heavy atom. The average Bonchev–Trinajstić information content (AvgIpc) is 3.33. The SMILES string of the molecule is COc1cc(N2CCN(C3CCC(c4cc5ccccc5s4)CC3)CC2)c2ncccc2c1. The lowest BCUT2D eigenvalue weighted by molar-refractivity contribution is 0.142. The number of piperazine rings is 1. The van der Waals surface area contributed by atoms with Crippen LogP contribution in [0.3, 0.4) is 0 Å². The molecule has 0 atom stereocenters. The number of fused-ring (bicyclic) bond motifs is 2. The number of hydrogen-bond acceptors (Lipinski definition) is 5. The standard InChI is InChI=1S/C28H31N3OS/c1-32-24-17-22-6-4-12-29-28(22)25(19-24)31-15-13-30(14-16-31)23-10-8-20(9-11-23)27-18-21-5-2-3-7-26(21)33-27/h2-7,12,17-20,23H,8-11,13-16H2,1H3. The number of anilines is 1. The van der Waals surface area contributed by atoms with E-state index in [4.69, 9.17) is 4.74 Å². The van der Waals surface area contributed by atoms with Gasteiger partial charge in [0, 0.05) is 59.4 Å². The van der Waals surface area contributed by atoms with Crippen molar-refractivity contribution in [2.24, 2.45) is 0 Å². The molecule has 0 radical (unpaired) electrons. The molecule has 1 saturated carbocycles. The van der Waals surface area contributed by atoms with Crippen LogP contribution in [-0.2, 0) is 0 Å². The lowest BCUT2D eigenvalue weighted by Crippen LogP contribution is -2.51. The van der Waals surface area contributed by atoms with E-state index in [0.717, 1.165) is 54.8 Å². The van der Waals surface area contributed by atoms with Crippen molar-refractivity contribution in [2.45, 2.75) is 37.6 Å². The van der Waals surface area contributed by atoms with Gasteiger partial charge in [-0.05, 0) is 61.3 Å². The van der Waals surface area contributed by atoms with Gasteiger partial charge in [0.2, 0.25) is 0 Å². The largest absolute Gasteiger partial charge is 0.497 e. The van der Waals surface area contributed by atoms with Crippen LogP contribution in [0.4, 0.5) is 5.69 Å². The van der Waals surface area contributed by atoms with Gasteiger partial charge in [-0.1, -0.05) is 24.3 Å². The highest BCUT2D eigenvalue weighted by molar-refractivity contribution is 7.19. The number of benzene rings is 2. The van der Waals surface area contributed by atoms with Crippen LogP contribution in [0.15, 0.2) is 60.8 Å². The van der Waals surface area contributed by atoms with Crippen molar-refractivity contribution in [3.8, 4) is 5.75 Å². The minimum Gasteiger partial charge on any atom is -0.497 e. The summed E-state index contributed by atoms with van der Waals surface area (Å²) >= 11 is 2.01. The van der Waals surface area contributed by atoms with E-state index in [1.807, 2.05) is 23.6 Å². The summed E-state index contributed by atoms with van der Waals surface area (Å²) in [5.41, 5.74) is 2.29. The lowest BCUT2D eigenvalue weighted by Gasteiger charge is -2.42. The minimum atomic E-state index is 0.734. The second-order valence-electron chi connectivity index (χ2n) is 9.44. The third kappa shape index (κ3) is 4.09. The van der Waals surface area contributed by atoms with Gasteiger partial charge in [-0.25, -0.2) is 0 Å². The van der Waals surface area contributed by atoms with E-state index in [2.05, 4.69) is 63.3 Å². The van der Waals surface area contributed by atoms with Gasteiger partial charge in [-0.2, -0.15) is 0 Å². The molecule has 2 aliphatic rings. The first-order valence-corrected chi connectivity index (χ1v) is 13.0. The summed E-state index contributed by atoms with van der Waals surface area (Å²) in [6, 6.07) is 20.4. The molecule has 3 heterocycles. The maximum absolute atomic E-state index is 5.57. The zero-order valence-corrected chi connectivity index (χ0v) is 20.1. The summed E-state index contributed by atoms with van der Waals surface area (Å²) < 4.78 is 7.01. The second-order valence-corrected chi connectivity index (χ2v) is 10.6. The Bertz CT molecular complexity index is 1220. The maximum atomic E-state index is 5.57. The molecular formula is C28H31N3OS. The third-order valence-corrected chi connectivity index (χ3v) is 8.89. The molecule has 170 valence electrons. The molecule has 0 amide bonds. The van der Waals surface area contributed by atoms with Crippen molar-refractivity contribution >= 4 is 38.0 Å². The Hall–Kier alpha value is -2.63. The van der Waals surface area contributed by atoms with Crippen molar-refractivity contribution in [2.75, 3.05) is 38.2 Å². The van der Waals surface area contributed by atoms with Crippen LogP contribution >= 0.6 is 11.3 Å². The predicted octanol–water partition coefficient (Wildman–Crippen LogP) is 6.31. The zero-order chi connectivity index (χ0) is 22.2. The predicted molar refractivity (Wildman–Crippen MR) is 139 cm³/mol. The molecule has 0 bridgehead atoms. The maximum Gasteiger partial charge on any atom is 0.121 e. The topological polar surface area (TPSA) is 28.6 Å². The number of pyridine rings is 1. The van der Waals surface area contributed by atoms with E-state index in [9.17, 15) is 0 Å². The fourth-order valence-electron chi connectivity index (χ4n) is 5.76. The van der Waals surface area contributed by atoms with Crippen LogP contribution in [0, 0.1) is 0 Å². The molecule has 4 nitrogen and oxygen atoms in total.